The molecule has 3 atom stereocenters. The van der Waals surface area contributed by atoms with Gasteiger partial charge in [-0.1, -0.05) is 23.7 Å². The summed E-state index contributed by atoms with van der Waals surface area (Å²) in [5.41, 5.74) is 2.63. The van der Waals surface area contributed by atoms with Crippen molar-refractivity contribution in [3.63, 3.8) is 0 Å². The van der Waals surface area contributed by atoms with Gasteiger partial charge >= 0.3 is 6.03 Å². The molecule has 5 rings (SSSR count). The van der Waals surface area contributed by atoms with Crippen LogP contribution in [0.2, 0.25) is 5.02 Å². The molecule has 37 heavy (non-hydrogen) atoms. The smallest absolute Gasteiger partial charge is 0.321 e. The summed E-state index contributed by atoms with van der Waals surface area (Å²) in [6, 6.07) is 14.6. The van der Waals surface area contributed by atoms with E-state index in [2.05, 4.69) is 34.3 Å². The fourth-order valence-corrected chi connectivity index (χ4v) is 6.48. The summed E-state index contributed by atoms with van der Waals surface area (Å²) in [5, 5.41) is 12.3. The molecule has 0 aromatic heterocycles. The maximum atomic E-state index is 13.6. The summed E-state index contributed by atoms with van der Waals surface area (Å²) < 4.78 is 13.6. The molecule has 0 spiro atoms. The Morgan fingerprint density at radius 3 is 2.78 bits per heavy atom. The Labute approximate surface area is 224 Å². The third-order valence-electron chi connectivity index (χ3n) is 8.62. The molecule has 0 bridgehead atoms. The van der Waals surface area contributed by atoms with Gasteiger partial charge in [0.1, 0.15) is 5.82 Å². The Kier molecular flexibility index (Phi) is 7.71. The van der Waals surface area contributed by atoms with Crippen molar-refractivity contribution in [2.24, 2.45) is 5.92 Å². The van der Waals surface area contributed by atoms with Gasteiger partial charge in [0.15, 0.2) is 0 Å². The normalized spacial score (nSPS) is 25.7. The number of fused-ring (bicyclic) bond motifs is 1. The lowest BCUT2D eigenvalue weighted by Gasteiger charge is -2.38. The van der Waals surface area contributed by atoms with E-state index in [-0.39, 0.29) is 22.5 Å². The zero-order valence-electron chi connectivity index (χ0n) is 21.4. The second kappa shape index (κ2) is 11.0. The second-order valence-corrected chi connectivity index (χ2v) is 11.3. The van der Waals surface area contributed by atoms with Gasteiger partial charge < -0.3 is 20.0 Å². The highest BCUT2D eigenvalue weighted by molar-refractivity contribution is 6.31. The minimum atomic E-state index is -0.499. The van der Waals surface area contributed by atoms with Gasteiger partial charge in [-0.15, -0.1) is 0 Å². The van der Waals surface area contributed by atoms with Crippen LogP contribution in [0.25, 0.3) is 0 Å². The first kappa shape index (κ1) is 26.0. The number of piperazine rings is 1. The largest absolute Gasteiger partial charge is 0.322 e. The number of benzene rings is 2. The number of hydrogen-bond donors (Lipinski definition) is 1. The Bertz CT molecular complexity index is 1180. The molecule has 1 unspecified atom stereocenters. The maximum Gasteiger partial charge on any atom is 0.322 e. The van der Waals surface area contributed by atoms with Crippen molar-refractivity contribution < 1.29 is 9.18 Å². The van der Waals surface area contributed by atoms with Crippen molar-refractivity contribution in [2.45, 2.75) is 43.6 Å². The zero-order chi connectivity index (χ0) is 26.0. The molecule has 2 aromatic rings. The Hall–Kier alpha value is -2.66. The van der Waals surface area contributed by atoms with Crippen LogP contribution in [0.15, 0.2) is 42.5 Å². The van der Waals surface area contributed by atoms with Crippen molar-refractivity contribution in [1.29, 1.82) is 5.26 Å². The van der Waals surface area contributed by atoms with Crippen molar-refractivity contribution in [2.75, 3.05) is 51.6 Å². The van der Waals surface area contributed by atoms with Crippen LogP contribution in [-0.4, -0.2) is 73.1 Å². The molecular formula is C29H35ClFN5O. The summed E-state index contributed by atoms with van der Waals surface area (Å²) in [7, 11) is 2.16. The molecule has 1 saturated heterocycles. The number of urea groups is 1. The predicted octanol–water partition coefficient (Wildman–Crippen LogP) is 5.33. The van der Waals surface area contributed by atoms with Crippen molar-refractivity contribution >= 4 is 23.3 Å². The Morgan fingerprint density at radius 1 is 1.24 bits per heavy atom. The average molecular weight is 524 g/mol. The van der Waals surface area contributed by atoms with E-state index in [1.165, 1.54) is 17.7 Å². The molecule has 1 aliphatic heterocycles. The minimum absolute atomic E-state index is 0.000513. The van der Waals surface area contributed by atoms with Crippen LogP contribution in [0.1, 0.15) is 43.2 Å². The topological polar surface area (TPSA) is 62.6 Å². The summed E-state index contributed by atoms with van der Waals surface area (Å²) in [4.78, 5) is 20.3. The van der Waals surface area contributed by atoms with Gasteiger partial charge in [0.2, 0.25) is 0 Å². The number of carbonyl (C=O) groups is 1. The van der Waals surface area contributed by atoms with Gasteiger partial charge in [-0.25, -0.2) is 9.18 Å². The van der Waals surface area contributed by atoms with Gasteiger partial charge in [-0.05, 0) is 92.9 Å². The first-order chi connectivity index (χ1) is 17.9. The molecule has 6 nitrogen and oxygen atoms in total. The van der Waals surface area contributed by atoms with Gasteiger partial charge in [0.05, 0.1) is 16.7 Å². The van der Waals surface area contributed by atoms with Gasteiger partial charge in [-0.2, -0.15) is 5.26 Å². The van der Waals surface area contributed by atoms with E-state index in [1.54, 1.807) is 6.07 Å². The van der Waals surface area contributed by atoms with E-state index in [9.17, 15) is 14.4 Å². The summed E-state index contributed by atoms with van der Waals surface area (Å²) in [5.74, 6) is 0.0231. The summed E-state index contributed by atoms with van der Waals surface area (Å²) in [6.07, 6.45) is 4.94. The van der Waals surface area contributed by atoms with Crippen LogP contribution in [-0.2, 0) is 5.41 Å². The van der Waals surface area contributed by atoms with E-state index in [4.69, 9.17) is 11.6 Å². The average Bonchev–Trinajstić information content (AvgIpc) is 3.65. The van der Waals surface area contributed by atoms with Crippen LogP contribution < -0.4 is 5.32 Å². The molecule has 3 aliphatic rings. The first-order valence-corrected chi connectivity index (χ1v) is 13.7. The van der Waals surface area contributed by atoms with E-state index in [1.807, 2.05) is 23.1 Å². The Morgan fingerprint density at radius 2 is 2.05 bits per heavy atom. The molecule has 2 saturated carbocycles. The molecule has 2 aromatic carbocycles. The predicted molar refractivity (Wildman–Crippen MR) is 144 cm³/mol. The minimum Gasteiger partial charge on any atom is -0.321 e. The Balaban J connectivity index is 1.26. The lowest BCUT2D eigenvalue weighted by Crippen LogP contribution is -2.48. The second-order valence-electron chi connectivity index (χ2n) is 10.9. The number of halogens is 2. The van der Waals surface area contributed by atoms with Gasteiger partial charge in [0, 0.05) is 44.5 Å². The van der Waals surface area contributed by atoms with E-state index >= 15 is 0 Å². The number of likely N-dealkylation sites (N-methyl/N-ethyl adjacent to an activating group) is 1. The quantitative estimate of drug-likeness (QED) is 0.532. The summed E-state index contributed by atoms with van der Waals surface area (Å²) >= 11 is 5.96. The first-order valence-electron chi connectivity index (χ1n) is 13.3. The van der Waals surface area contributed by atoms with Crippen molar-refractivity contribution in [1.82, 2.24) is 14.7 Å². The summed E-state index contributed by atoms with van der Waals surface area (Å²) in [6.45, 7) is 5.94. The monoisotopic (exact) mass is 523 g/mol. The number of amides is 2. The molecule has 2 aliphatic carbocycles. The molecule has 1 N–H and O–H groups in total. The van der Waals surface area contributed by atoms with Crippen molar-refractivity contribution in [3.8, 4) is 6.07 Å². The lowest BCUT2D eigenvalue weighted by atomic mass is 9.80. The standard InChI is InChI=1S/C29H35ClFN5O/c1-34-12-14-35(15-13-34)10-3-11-36(28(37)33-24-6-7-27(31)26(30)18-24)25-8-9-29(19-23(29)17-25)22-5-2-4-21(16-22)20-32/h2,4-7,16,18,23,25H,3,8-15,17,19H2,1H3,(H,33,37)/t23?,25-,29+/m1/s1. The highest BCUT2D eigenvalue weighted by Crippen LogP contribution is 2.62. The molecule has 8 heteroatoms. The fourth-order valence-electron chi connectivity index (χ4n) is 6.30. The van der Waals surface area contributed by atoms with Crippen LogP contribution in [0.5, 0.6) is 0 Å². The molecule has 0 radical (unpaired) electrons. The van der Waals surface area contributed by atoms with Gasteiger partial charge in [0.25, 0.3) is 0 Å². The molecular weight excluding hydrogens is 489 g/mol. The van der Waals surface area contributed by atoms with Crippen molar-refractivity contribution in [3.05, 3.63) is 64.4 Å². The number of anilines is 1. The third kappa shape index (κ3) is 5.77. The third-order valence-corrected chi connectivity index (χ3v) is 8.91. The molecule has 2 amide bonds. The maximum absolute atomic E-state index is 13.6. The van der Waals surface area contributed by atoms with Crippen LogP contribution in [0, 0.1) is 23.1 Å². The number of nitriles is 1. The molecule has 1 heterocycles. The van der Waals surface area contributed by atoms with E-state index in [0.717, 1.165) is 64.8 Å². The molecule has 196 valence electrons. The number of nitrogens with one attached hydrogen (secondary N) is 1. The zero-order valence-corrected chi connectivity index (χ0v) is 22.2. The van der Waals surface area contributed by atoms with E-state index < -0.39 is 5.82 Å². The van der Waals surface area contributed by atoms with Crippen LogP contribution in [0.4, 0.5) is 14.9 Å². The van der Waals surface area contributed by atoms with Crippen LogP contribution >= 0.6 is 11.6 Å². The number of carbonyl (C=O) groups excluding carboxylic acids is 1. The fraction of sp³-hybridized carbons (Fsp3) is 0.517. The number of rotatable bonds is 7. The number of nitrogens with zero attached hydrogens (tertiary/aromatic N) is 4. The van der Waals surface area contributed by atoms with E-state index in [0.29, 0.717) is 23.7 Å². The number of hydrogen-bond acceptors (Lipinski definition) is 4. The van der Waals surface area contributed by atoms with Crippen LogP contribution in [0.3, 0.4) is 0 Å². The SMILES string of the molecule is CN1CCN(CCCN(C(=O)Nc2ccc(F)c(Cl)c2)[C@@H]2CC[C@@]3(c4cccc(C#N)c4)CC3C2)CC1. The van der Waals surface area contributed by atoms with Gasteiger partial charge in [-0.3, -0.25) is 0 Å². The highest BCUT2D eigenvalue weighted by atomic mass is 35.5. The highest BCUT2D eigenvalue weighted by Gasteiger charge is 2.58. The lowest BCUT2D eigenvalue weighted by molar-refractivity contribution is 0.134. The molecule has 3 fully saturated rings.